The van der Waals surface area contributed by atoms with E-state index < -0.39 is 0 Å². The fraction of sp³-hybridized carbons (Fsp3) is 1.00. The molecule has 11 heavy (non-hydrogen) atoms. The second-order valence-electron chi connectivity index (χ2n) is 2.97. The molecule has 0 aromatic carbocycles. The second-order valence-corrected chi connectivity index (χ2v) is 2.97. The van der Waals surface area contributed by atoms with Crippen LogP contribution in [0, 0.1) is 0 Å². The topological polar surface area (TPSA) is 15.3 Å². The van der Waals surface area contributed by atoms with Crippen molar-refractivity contribution in [3.8, 4) is 0 Å². The summed E-state index contributed by atoms with van der Waals surface area (Å²) in [6, 6.07) is 0.678. The van der Waals surface area contributed by atoms with E-state index in [1.54, 1.807) is 0 Å². The van der Waals surface area contributed by atoms with E-state index in [2.05, 4.69) is 24.2 Å². The van der Waals surface area contributed by atoms with Crippen molar-refractivity contribution in [2.75, 3.05) is 26.7 Å². The van der Waals surface area contributed by atoms with Gasteiger partial charge in [-0.25, -0.2) is 0 Å². The molecular formula is C9H22N2. The average molecular weight is 158 g/mol. The summed E-state index contributed by atoms with van der Waals surface area (Å²) in [6.45, 7) is 9.87. The molecule has 1 saturated heterocycles. The first kappa shape index (κ1) is 10.9. The Morgan fingerprint density at radius 1 is 1.36 bits per heavy atom. The molecule has 1 heterocycles. The van der Waals surface area contributed by atoms with Gasteiger partial charge in [0.25, 0.3) is 0 Å². The molecule has 2 heteroatoms. The fourth-order valence-corrected chi connectivity index (χ4v) is 1.32. The zero-order valence-electron chi connectivity index (χ0n) is 8.35. The van der Waals surface area contributed by atoms with Gasteiger partial charge in [0, 0.05) is 12.6 Å². The first-order chi connectivity index (χ1) is 5.29. The first-order valence-electron chi connectivity index (χ1n) is 4.71. The third kappa shape index (κ3) is 5.22. The molecule has 0 bridgehead atoms. The first-order valence-corrected chi connectivity index (χ1v) is 4.71. The molecule has 1 aliphatic rings. The van der Waals surface area contributed by atoms with Gasteiger partial charge in [-0.1, -0.05) is 13.8 Å². The quantitative estimate of drug-likeness (QED) is 0.572. The molecule has 0 amide bonds. The number of nitrogens with zero attached hydrogens (tertiary/aromatic N) is 1. The van der Waals surface area contributed by atoms with E-state index in [-0.39, 0.29) is 0 Å². The van der Waals surface area contributed by atoms with E-state index >= 15 is 0 Å². The molecule has 0 spiro atoms. The Balaban J connectivity index is 0.000000461. The van der Waals surface area contributed by atoms with Crippen molar-refractivity contribution in [3.63, 3.8) is 0 Å². The normalized spacial score (nSPS) is 26.7. The Hall–Kier alpha value is -0.0800. The van der Waals surface area contributed by atoms with Crippen LogP contribution in [0.25, 0.3) is 0 Å². The van der Waals surface area contributed by atoms with Crippen LogP contribution >= 0.6 is 0 Å². The summed E-state index contributed by atoms with van der Waals surface area (Å²) in [4.78, 5) is 2.38. The van der Waals surface area contributed by atoms with Crippen molar-refractivity contribution < 1.29 is 0 Å². The standard InChI is InChI=1S/C7H16N2.C2H6/c1-7-6-9(2)5-3-4-8-7;1-2/h7-8H,3-6H2,1-2H3;1-2H3. The molecule has 1 fully saturated rings. The predicted molar refractivity (Wildman–Crippen MR) is 50.9 cm³/mol. The maximum atomic E-state index is 3.43. The summed E-state index contributed by atoms with van der Waals surface area (Å²) in [5, 5.41) is 3.43. The Labute approximate surface area is 71.0 Å². The molecule has 0 saturated carbocycles. The summed E-state index contributed by atoms with van der Waals surface area (Å²) in [7, 11) is 2.18. The maximum absolute atomic E-state index is 3.43. The summed E-state index contributed by atoms with van der Waals surface area (Å²) in [6.07, 6.45) is 1.29. The maximum Gasteiger partial charge on any atom is 0.0166 e. The molecule has 1 rings (SSSR count). The molecule has 0 aromatic heterocycles. The van der Waals surface area contributed by atoms with Gasteiger partial charge in [-0.15, -0.1) is 0 Å². The zero-order valence-corrected chi connectivity index (χ0v) is 8.35. The van der Waals surface area contributed by atoms with Crippen molar-refractivity contribution in [2.24, 2.45) is 0 Å². The molecule has 2 nitrogen and oxygen atoms in total. The van der Waals surface area contributed by atoms with Crippen LogP contribution in [0.1, 0.15) is 27.2 Å². The van der Waals surface area contributed by atoms with Crippen LogP contribution in [0.5, 0.6) is 0 Å². The highest BCUT2D eigenvalue weighted by Crippen LogP contribution is 1.95. The molecule has 0 aromatic rings. The summed E-state index contributed by atoms with van der Waals surface area (Å²) in [5.41, 5.74) is 0. The number of hydrogen-bond donors (Lipinski definition) is 1. The van der Waals surface area contributed by atoms with Gasteiger partial charge in [-0.3, -0.25) is 0 Å². The predicted octanol–water partition coefficient (Wildman–Crippen LogP) is 1.33. The van der Waals surface area contributed by atoms with Gasteiger partial charge in [0.15, 0.2) is 0 Å². The number of likely N-dealkylation sites (N-methyl/N-ethyl adjacent to an activating group) is 1. The molecule has 1 unspecified atom stereocenters. The van der Waals surface area contributed by atoms with Gasteiger partial charge in [-0.2, -0.15) is 0 Å². The summed E-state index contributed by atoms with van der Waals surface area (Å²) >= 11 is 0. The number of nitrogens with one attached hydrogen (secondary N) is 1. The SMILES string of the molecule is CC.CC1CN(C)CCCN1. The third-order valence-corrected chi connectivity index (χ3v) is 1.79. The van der Waals surface area contributed by atoms with E-state index in [1.807, 2.05) is 13.8 Å². The van der Waals surface area contributed by atoms with Gasteiger partial charge in [0.05, 0.1) is 0 Å². The second kappa shape index (κ2) is 6.62. The van der Waals surface area contributed by atoms with Crippen molar-refractivity contribution in [3.05, 3.63) is 0 Å². The lowest BCUT2D eigenvalue weighted by Crippen LogP contribution is -2.33. The average Bonchev–Trinajstić information content (AvgIpc) is 2.18. The Morgan fingerprint density at radius 2 is 2.00 bits per heavy atom. The van der Waals surface area contributed by atoms with Crippen LogP contribution in [0.2, 0.25) is 0 Å². The zero-order chi connectivity index (χ0) is 8.69. The van der Waals surface area contributed by atoms with E-state index in [9.17, 15) is 0 Å². The Kier molecular flexibility index (Phi) is 6.57. The van der Waals surface area contributed by atoms with Crippen LogP contribution in [0.4, 0.5) is 0 Å². The molecule has 1 atom stereocenters. The van der Waals surface area contributed by atoms with Crippen LogP contribution in [0.15, 0.2) is 0 Å². The summed E-state index contributed by atoms with van der Waals surface area (Å²) < 4.78 is 0. The lowest BCUT2D eigenvalue weighted by atomic mass is 10.3. The van der Waals surface area contributed by atoms with E-state index in [0.29, 0.717) is 6.04 Å². The molecule has 0 radical (unpaired) electrons. The Morgan fingerprint density at radius 3 is 2.64 bits per heavy atom. The van der Waals surface area contributed by atoms with Gasteiger partial charge in [0.1, 0.15) is 0 Å². The minimum Gasteiger partial charge on any atom is -0.313 e. The molecular weight excluding hydrogens is 136 g/mol. The van der Waals surface area contributed by atoms with Gasteiger partial charge in [0.2, 0.25) is 0 Å². The highest BCUT2D eigenvalue weighted by atomic mass is 15.1. The molecule has 1 aliphatic heterocycles. The van der Waals surface area contributed by atoms with Crippen molar-refractivity contribution in [1.82, 2.24) is 10.2 Å². The summed E-state index contributed by atoms with van der Waals surface area (Å²) in [5.74, 6) is 0. The number of rotatable bonds is 0. The van der Waals surface area contributed by atoms with Gasteiger partial charge >= 0.3 is 0 Å². The van der Waals surface area contributed by atoms with E-state index in [0.717, 1.165) is 0 Å². The minimum absolute atomic E-state index is 0.678. The smallest absolute Gasteiger partial charge is 0.0166 e. The van der Waals surface area contributed by atoms with Gasteiger partial charge < -0.3 is 10.2 Å². The Bertz CT molecular complexity index is 73.6. The van der Waals surface area contributed by atoms with Crippen molar-refractivity contribution >= 4 is 0 Å². The highest BCUT2D eigenvalue weighted by molar-refractivity contribution is 4.69. The number of hydrogen-bond acceptors (Lipinski definition) is 2. The highest BCUT2D eigenvalue weighted by Gasteiger charge is 2.08. The largest absolute Gasteiger partial charge is 0.313 e. The molecule has 68 valence electrons. The van der Waals surface area contributed by atoms with Crippen LogP contribution in [0.3, 0.4) is 0 Å². The lowest BCUT2D eigenvalue weighted by molar-refractivity contribution is 0.332. The monoisotopic (exact) mass is 158 g/mol. The van der Waals surface area contributed by atoms with Gasteiger partial charge in [-0.05, 0) is 33.5 Å². The van der Waals surface area contributed by atoms with E-state index in [4.69, 9.17) is 0 Å². The third-order valence-electron chi connectivity index (χ3n) is 1.79. The lowest BCUT2D eigenvalue weighted by Gasteiger charge is -2.15. The fourth-order valence-electron chi connectivity index (χ4n) is 1.32. The minimum atomic E-state index is 0.678. The van der Waals surface area contributed by atoms with E-state index in [1.165, 1.54) is 26.1 Å². The molecule has 1 N–H and O–H groups in total. The van der Waals surface area contributed by atoms with Crippen LogP contribution in [-0.4, -0.2) is 37.6 Å². The van der Waals surface area contributed by atoms with Crippen LogP contribution < -0.4 is 5.32 Å². The van der Waals surface area contributed by atoms with Crippen molar-refractivity contribution in [1.29, 1.82) is 0 Å². The van der Waals surface area contributed by atoms with Crippen LogP contribution in [-0.2, 0) is 0 Å². The van der Waals surface area contributed by atoms with Crippen molar-refractivity contribution in [2.45, 2.75) is 33.2 Å². The molecule has 0 aliphatic carbocycles.